The Morgan fingerprint density at radius 2 is 2.20 bits per heavy atom. The van der Waals surface area contributed by atoms with Gasteiger partial charge in [-0.2, -0.15) is 11.3 Å². The maximum Gasteiger partial charge on any atom is 0.0721 e. The summed E-state index contributed by atoms with van der Waals surface area (Å²) in [6.07, 6.45) is 0. The maximum atomic E-state index is 4.89. The van der Waals surface area contributed by atoms with Crippen LogP contribution in [0.3, 0.4) is 0 Å². The number of rotatable bonds is 2. The molecule has 10 heavy (non-hydrogen) atoms. The van der Waals surface area contributed by atoms with Crippen molar-refractivity contribution in [2.24, 2.45) is 0 Å². The van der Waals surface area contributed by atoms with Crippen LogP contribution in [0.1, 0.15) is 19.4 Å². The van der Waals surface area contributed by atoms with Gasteiger partial charge in [0, 0.05) is 7.11 Å². The SMILES string of the molecule is CC.COCc1ccsc1. The third kappa shape index (κ3) is 3.64. The lowest BCUT2D eigenvalue weighted by Crippen LogP contribution is -1.80. The van der Waals surface area contributed by atoms with Crippen molar-refractivity contribution in [2.45, 2.75) is 20.5 Å². The second kappa shape index (κ2) is 6.78. The second-order valence-corrected chi connectivity index (χ2v) is 2.34. The number of methoxy groups -OCH3 is 1. The predicted octanol–water partition coefficient (Wildman–Crippen LogP) is 2.92. The molecule has 1 nitrogen and oxygen atoms in total. The van der Waals surface area contributed by atoms with Crippen molar-refractivity contribution in [2.75, 3.05) is 7.11 Å². The second-order valence-electron chi connectivity index (χ2n) is 1.56. The van der Waals surface area contributed by atoms with E-state index >= 15 is 0 Å². The van der Waals surface area contributed by atoms with Gasteiger partial charge >= 0.3 is 0 Å². The molecule has 1 aromatic rings. The zero-order valence-electron chi connectivity index (χ0n) is 6.76. The van der Waals surface area contributed by atoms with Crippen molar-refractivity contribution in [3.63, 3.8) is 0 Å². The van der Waals surface area contributed by atoms with Crippen LogP contribution >= 0.6 is 11.3 Å². The fourth-order valence-electron chi connectivity index (χ4n) is 0.541. The molecule has 0 bridgehead atoms. The van der Waals surface area contributed by atoms with Crippen LogP contribution in [0.4, 0.5) is 0 Å². The molecule has 0 fully saturated rings. The van der Waals surface area contributed by atoms with Gasteiger partial charge in [-0.15, -0.1) is 0 Å². The van der Waals surface area contributed by atoms with Crippen molar-refractivity contribution in [3.05, 3.63) is 22.4 Å². The average Bonchev–Trinajstić information content (AvgIpc) is 2.46. The van der Waals surface area contributed by atoms with Gasteiger partial charge < -0.3 is 4.74 Å². The van der Waals surface area contributed by atoms with Crippen LogP contribution in [-0.4, -0.2) is 7.11 Å². The highest BCUT2D eigenvalue weighted by atomic mass is 32.1. The number of ether oxygens (including phenoxy) is 1. The first kappa shape index (κ1) is 9.66. The van der Waals surface area contributed by atoms with E-state index in [9.17, 15) is 0 Å². The predicted molar refractivity (Wildman–Crippen MR) is 46.4 cm³/mol. The van der Waals surface area contributed by atoms with E-state index in [2.05, 4.69) is 11.4 Å². The van der Waals surface area contributed by atoms with Crippen molar-refractivity contribution in [1.82, 2.24) is 0 Å². The summed E-state index contributed by atoms with van der Waals surface area (Å²) in [5, 5.41) is 4.14. The molecule has 1 heterocycles. The Labute approximate surface area is 66.7 Å². The molecule has 1 rings (SSSR count). The summed E-state index contributed by atoms with van der Waals surface area (Å²) in [6.45, 7) is 4.74. The van der Waals surface area contributed by atoms with Crippen LogP contribution in [-0.2, 0) is 11.3 Å². The zero-order valence-corrected chi connectivity index (χ0v) is 7.57. The van der Waals surface area contributed by atoms with E-state index < -0.39 is 0 Å². The third-order valence-corrected chi connectivity index (χ3v) is 1.62. The molecule has 0 amide bonds. The minimum Gasteiger partial charge on any atom is -0.380 e. The summed E-state index contributed by atoms with van der Waals surface area (Å²) in [6, 6.07) is 2.06. The quantitative estimate of drug-likeness (QED) is 0.643. The van der Waals surface area contributed by atoms with E-state index in [4.69, 9.17) is 4.74 Å². The van der Waals surface area contributed by atoms with E-state index in [0.717, 1.165) is 6.61 Å². The van der Waals surface area contributed by atoms with Crippen molar-refractivity contribution < 1.29 is 4.74 Å². The first-order valence-corrected chi connectivity index (χ1v) is 4.38. The Bertz CT molecular complexity index is 135. The average molecular weight is 158 g/mol. The first-order chi connectivity index (χ1) is 4.93. The normalized spacial score (nSPS) is 8.30. The van der Waals surface area contributed by atoms with E-state index in [1.54, 1.807) is 18.4 Å². The van der Waals surface area contributed by atoms with Gasteiger partial charge in [0.05, 0.1) is 6.61 Å². The zero-order chi connectivity index (χ0) is 7.82. The van der Waals surface area contributed by atoms with Crippen LogP contribution in [0.25, 0.3) is 0 Å². The first-order valence-electron chi connectivity index (χ1n) is 3.43. The Morgan fingerprint density at radius 1 is 1.50 bits per heavy atom. The molecule has 0 unspecified atom stereocenters. The Kier molecular flexibility index (Phi) is 6.55. The summed E-state index contributed by atoms with van der Waals surface area (Å²) >= 11 is 1.70. The molecule has 0 aliphatic carbocycles. The molecule has 0 atom stereocenters. The van der Waals surface area contributed by atoms with E-state index in [0.29, 0.717) is 0 Å². The van der Waals surface area contributed by atoms with Gasteiger partial charge in [0.15, 0.2) is 0 Å². The lowest BCUT2D eigenvalue weighted by molar-refractivity contribution is 0.185. The molecule has 0 aliphatic heterocycles. The van der Waals surface area contributed by atoms with Gasteiger partial charge in [0.25, 0.3) is 0 Å². The summed E-state index contributed by atoms with van der Waals surface area (Å²) in [4.78, 5) is 0. The van der Waals surface area contributed by atoms with Crippen LogP contribution in [0.5, 0.6) is 0 Å². The molecule has 0 spiro atoms. The lowest BCUT2D eigenvalue weighted by Gasteiger charge is -1.89. The highest BCUT2D eigenvalue weighted by Crippen LogP contribution is 2.05. The summed E-state index contributed by atoms with van der Waals surface area (Å²) in [5.74, 6) is 0. The molecule has 0 aromatic carbocycles. The monoisotopic (exact) mass is 158 g/mol. The number of thiophene rings is 1. The molecule has 0 N–H and O–H groups in total. The highest BCUT2D eigenvalue weighted by molar-refractivity contribution is 7.07. The number of hydrogen-bond donors (Lipinski definition) is 0. The summed E-state index contributed by atoms with van der Waals surface area (Å²) < 4.78 is 4.89. The minimum atomic E-state index is 0.740. The fraction of sp³-hybridized carbons (Fsp3) is 0.500. The van der Waals surface area contributed by atoms with Crippen molar-refractivity contribution in [3.8, 4) is 0 Å². The lowest BCUT2D eigenvalue weighted by atomic mass is 10.4. The van der Waals surface area contributed by atoms with Crippen molar-refractivity contribution in [1.29, 1.82) is 0 Å². The fourth-order valence-corrected chi connectivity index (χ4v) is 1.19. The van der Waals surface area contributed by atoms with Crippen LogP contribution in [0.15, 0.2) is 16.8 Å². The van der Waals surface area contributed by atoms with Gasteiger partial charge in [-0.3, -0.25) is 0 Å². The molecule has 0 saturated carbocycles. The van der Waals surface area contributed by atoms with E-state index in [-0.39, 0.29) is 0 Å². The topological polar surface area (TPSA) is 9.23 Å². The molecule has 0 saturated heterocycles. The third-order valence-electron chi connectivity index (χ3n) is 0.891. The van der Waals surface area contributed by atoms with E-state index in [1.807, 2.05) is 19.2 Å². The molecule has 0 radical (unpaired) electrons. The smallest absolute Gasteiger partial charge is 0.0721 e. The molecule has 1 aromatic heterocycles. The minimum absolute atomic E-state index is 0.740. The van der Waals surface area contributed by atoms with Crippen LogP contribution < -0.4 is 0 Å². The van der Waals surface area contributed by atoms with E-state index in [1.165, 1.54) is 5.56 Å². The molecule has 0 aliphatic rings. The number of hydrogen-bond acceptors (Lipinski definition) is 2. The summed E-state index contributed by atoms with van der Waals surface area (Å²) in [7, 11) is 1.71. The molecular formula is C8H14OS. The van der Waals surface area contributed by atoms with Crippen LogP contribution in [0, 0.1) is 0 Å². The Hall–Kier alpha value is -0.340. The molecule has 58 valence electrons. The summed E-state index contributed by atoms with van der Waals surface area (Å²) in [5.41, 5.74) is 1.26. The van der Waals surface area contributed by atoms with Crippen LogP contribution in [0.2, 0.25) is 0 Å². The molecular weight excluding hydrogens is 144 g/mol. The van der Waals surface area contributed by atoms with Crippen molar-refractivity contribution >= 4 is 11.3 Å². The van der Waals surface area contributed by atoms with Gasteiger partial charge in [-0.05, 0) is 22.4 Å². The van der Waals surface area contributed by atoms with Gasteiger partial charge in [-0.25, -0.2) is 0 Å². The standard InChI is InChI=1S/C6H8OS.C2H6/c1-7-4-6-2-3-8-5-6;1-2/h2-3,5H,4H2,1H3;1-2H3. The van der Waals surface area contributed by atoms with Gasteiger partial charge in [-0.1, -0.05) is 13.8 Å². The Morgan fingerprint density at radius 3 is 2.60 bits per heavy atom. The maximum absolute atomic E-state index is 4.89. The Balaban J connectivity index is 0.000000371. The van der Waals surface area contributed by atoms with Gasteiger partial charge in [0.1, 0.15) is 0 Å². The molecule has 2 heteroatoms. The largest absolute Gasteiger partial charge is 0.380 e. The highest BCUT2D eigenvalue weighted by Gasteiger charge is 1.86. The van der Waals surface area contributed by atoms with Gasteiger partial charge in [0.2, 0.25) is 0 Å².